The number of rotatable bonds is 5. The van der Waals surface area contributed by atoms with Crippen LogP contribution in [0.2, 0.25) is 0 Å². The largest absolute Gasteiger partial charge is 0.508 e. The Hall–Kier alpha value is -3.58. The molecular formula is C27H22O. The molecule has 0 saturated heterocycles. The van der Waals surface area contributed by atoms with Crippen LogP contribution in [0.3, 0.4) is 0 Å². The van der Waals surface area contributed by atoms with E-state index in [1.807, 2.05) is 60.7 Å². The fourth-order valence-electron chi connectivity index (χ4n) is 4.00. The maximum absolute atomic E-state index is 10.9. The summed E-state index contributed by atoms with van der Waals surface area (Å²) in [6.07, 6.45) is 1.84. The third-order valence-electron chi connectivity index (χ3n) is 5.30. The lowest BCUT2D eigenvalue weighted by Crippen LogP contribution is -2.31. The Kier molecular flexibility index (Phi) is 4.82. The summed E-state index contributed by atoms with van der Waals surface area (Å²) in [4.78, 5) is 0. The Labute approximate surface area is 166 Å². The second kappa shape index (κ2) is 7.58. The summed E-state index contributed by atoms with van der Waals surface area (Å²) < 4.78 is 0. The van der Waals surface area contributed by atoms with Crippen molar-refractivity contribution >= 4 is 6.08 Å². The number of aromatic hydroxyl groups is 1. The summed E-state index contributed by atoms with van der Waals surface area (Å²) in [6, 6.07) is 36.7. The minimum atomic E-state index is -0.631. The van der Waals surface area contributed by atoms with Gasteiger partial charge < -0.3 is 5.11 Å². The fourth-order valence-corrected chi connectivity index (χ4v) is 4.00. The monoisotopic (exact) mass is 362 g/mol. The molecule has 0 atom stereocenters. The van der Waals surface area contributed by atoms with Crippen molar-refractivity contribution in [3.05, 3.63) is 144 Å². The van der Waals surface area contributed by atoms with Crippen molar-refractivity contribution in [1.29, 1.82) is 0 Å². The molecule has 0 bridgehead atoms. The highest BCUT2D eigenvalue weighted by Gasteiger charge is 2.39. The number of hydrogen-bond donors (Lipinski definition) is 1. The zero-order valence-corrected chi connectivity index (χ0v) is 15.6. The van der Waals surface area contributed by atoms with Crippen molar-refractivity contribution < 1.29 is 5.11 Å². The van der Waals surface area contributed by atoms with Crippen LogP contribution < -0.4 is 0 Å². The van der Waals surface area contributed by atoms with Crippen molar-refractivity contribution in [2.75, 3.05) is 0 Å². The number of benzene rings is 4. The molecule has 28 heavy (non-hydrogen) atoms. The van der Waals surface area contributed by atoms with E-state index in [1.165, 1.54) is 0 Å². The van der Waals surface area contributed by atoms with Gasteiger partial charge in [0.25, 0.3) is 0 Å². The molecule has 0 spiro atoms. The zero-order valence-electron chi connectivity index (χ0n) is 15.6. The summed E-state index contributed by atoms with van der Waals surface area (Å²) >= 11 is 0. The molecule has 4 aromatic rings. The van der Waals surface area contributed by atoms with Crippen LogP contribution in [0.5, 0.6) is 5.75 Å². The van der Waals surface area contributed by atoms with Crippen molar-refractivity contribution in [3.63, 3.8) is 0 Å². The van der Waals surface area contributed by atoms with Crippen LogP contribution in [0.25, 0.3) is 6.08 Å². The second-order valence-corrected chi connectivity index (χ2v) is 6.83. The predicted octanol–water partition coefficient (Wildman–Crippen LogP) is 6.42. The first-order valence-electron chi connectivity index (χ1n) is 9.39. The quantitative estimate of drug-likeness (QED) is 0.406. The molecule has 0 saturated carbocycles. The molecule has 0 unspecified atom stereocenters. The second-order valence-electron chi connectivity index (χ2n) is 6.83. The lowest BCUT2D eigenvalue weighted by Gasteiger charge is -2.37. The van der Waals surface area contributed by atoms with Gasteiger partial charge in [-0.15, -0.1) is 0 Å². The third kappa shape index (κ3) is 2.91. The maximum Gasteiger partial charge on any atom is 0.120 e. The highest BCUT2D eigenvalue weighted by atomic mass is 16.3. The van der Waals surface area contributed by atoms with E-state index in [0.29, 0.717) is 0 Å². The van der Waals surface area contributed by atoms with Crippen LogP contribution in [0.1, 0.15) is 27.8 Å². The molecule has 4 aromatic carbocycles. The Bertz CT molecular complexity index is 1020. The molecule has 0 aliphatic heterocycles. The number of hydrogen-bond acceptors (Lipinski definition) is 1. The first-order valence-corrected chi connectivity index (χ1v) is 9.39. The van der Waals surface area contributed by atoms with E-state index < -0.39 is 5.41 Å². The normalized spacial score (nSPS) is 11.1. The standard InChI is InChI=1S/C27H22O/c1-2-21-17-19-24(20-18-21)27(22-11-5-3-6-12-22,23-13-7-4-8-14-23)25-15-9-10-16-26(25)28/h2-20,28H,1H2. The van der Waals surface area contributed by atoms with Crippen LogP contribution >= 0.6 is 0 Å². The van der Waals surface area contributed by atoms with Gasteiger partial charge in [-0.25, -0.2) is 0 Å². The molecule has 1 nitrogen and oxygen atoms in total. The van der Waals surface area contributed by atoms with Crippen molar-refractivity contribution in [1.82, 2.24) is 0 Å². The summed E-state index contributed by atoms with van der Waals surface area (Å²) in [5.74, 6) is 0.281. The summed E-state index contributed by atoms with van der Waals surface area (Å²) in [5, 5.41) is 10.9. The number of phenolic OH excluding ortho intramolecular Hbond substituents is 1. The lowest BCUT2D eigenvalue weighted by molar-refractivity contribution is 0.460. The van der Waals surface area contributed by atoms with Crippen LogP contribution in [-0.2, 0) is 5.41 Å². The summed E-state index contributed by atoms with van der Waals surface area (Å²) in [5.41, 5.74) is 4.60. The summed E-state index contributed by atoms with van der Waals surface area (Å²) in [6.45, 7) is 3.87. The molecule has 1 N–H and O–H groups in total. The predicted molar refractivity (Wildman–Crippen MR) is 117 cm³/mol. The zero-order chi connectivity index (χ0) is 19.4. The number of phenols is 1. The Balaban J connectivity index is 2.14. The van der Waals surface area contributed by atoms with Gasteiger partial charge in [-0.3, -0.25) is 0 Å². The van der Waals surface area contributed by atoms with E-state index >= 15 is 0 Å². The lowest BCUT2D eigenvalue weighted by atomic mass is 9.65. The number of para-hydroxylation sites is 1. The Morgan fingerprint density at radius 1 is 0.571 bits per heavy atom. The molecule has 0 aromatic heterocycles. The van der Waals surface area contributed by atoms with Gasteiger partial charge in [0.05, 0.1) is 5.41 Å². The van der Waals surface area contributed by atoms with Gasteiger partial charge in [-0.2, -0.15) is 0 Å². The van der Waals surface area contributed by atoms with Gasteiger partial charge in [0, 0.05) is 5.56 Å². The molecule has 136 valence electrons. The molecule has 0 fully saturated rings. The van der Waals surface area contributed by atoms with E-state index in [2.05, 4.69) is 55.1 Å². The van der Waals surface area contributed by atoms with Gasteiger partial charge in [-0.05, 0) is 28.3 Å². The maximum atomic E-state index is 10.9. The minimum absolute atomic E-state index is 0.281. The van der Waals surface area contributed by atoms with E-state index in [1.54, 1.807) is 6.07 Å². The molecule has 1 heteroatoms. The van der Waals surface area contributed by atoms with E-state index in [-0.39, 0.29) is 5.75 Å². The molecule has 0 amide bonds. The fraction of sp³-hybridized carbons (Fsp3) is 0.0370. The van der Waals surface area contributed by atoms with Crippen LogP contribution in [0, 0.1) is 0 Å². The van der Waals surface area contributed by atoms with E-state index in [4.69, 9.17) is 0 Å². The van der Waals surface area contributed by atoms with Gasteiger partial charge in [0.2, 0.25) is 0 Å². The van der Waals surface area contributed by atoms with Gasteiger partial charge in [0.15, 0.2) is 0 Å². The Morgan fingerprint density at radius 3 is 1.54 bits per heavy atom. The molecular weight excluding hydrogens is 340 g/mol. The van der Waals surface area contributed by atoms with Crippen molar-refractivity contribution in [3.8, 4) is 5.75 Å². The average molecular weight is 362 g/mol. The van der Waals surface area contributed by atoms with Crippen LogP contribution in [0.4, 0.5) is 0 Å². The van der Waals surface area contributed by atoms with Gasteiger partial charge in [0.1, 0.15) is 5.75 Å². The minimum Gasteiger partial charge on any atom is -0.508 e. The molecule has 0 aliphatic carbocycles. The smallest absolute Gasteiger partial charge is 0.120 e. The van der Waals surface area contributed by atoms with Crippen molar-refractivity contribution in [2.45, 2.75) is 5.41 Å². The van der Waals surface area contributed by atoms with Crippen molar-refractivity contribution in [2.24, 2.45) is 0 Å². The topological polar surface area (TPSA) is 20.2 Å². The van der Waals surface area contributed by atoms with Gasteiger partial charge in [-0.1, -0.05) is 116 Å². The van der Waals surface area contributed by atoms with Crippen LogP contribution in [0.15, 0.2) is 116 Å². The van der Waals surface area contributed by atoms with E-state index in [9.17, 15) is 5.11 Å². The highest BCUT2D eigenvalue weighted by Crippen LogP contribution is 2.47. The first kappa shape index (κ1) is 17.8. The summed E-state index contributed by atoms with van der Waals surface area (Å²) in [7, 11) is 0. The van der Waals surface area contributed by atoms with E-state index in [0.717, 1.165) is 27.8 Å². The molecule has 0 heterocycles. The SMILES string of the molecule is C=Cc1ccc(C(c2ccccc2)(c2ccccc2)c2ccccc2O)cc1. The molecule has 4 rings (SSSR count). The molecule has 0 aliphatic rings. The average Bonchev–Trinajstić information content (AvgIpc) is 2.77. The van der Waals surface area contributed by atoms with Gasteiger partial charge >= 0.3 is 0 Å². The van der Waals surface area contributed by atoms with Crippen LogP contribution in [-0.4, -0.2) is 5.11 Å². The molecule has 0 radical (unpaired) electrons. The highest BCUT2D eigenvalue weighted by molar-refractivity contribution is 5.63. The first-order chi connectivity index (χ1) is 13.8. The third-order valence-corrected chi connectivity index (χ3v) is 5.30. The Morgan fingerprint density at radius 2 is 1.04 bits per heavy atom.